The predicted octanol–water partition coefficient (Wildman–Crippen LogP) is 0.688. The fraction of sp³-hybridized carbons (Fsp3) is 0.348. The number of piperidine rings is 1. The first-order valence-corrected chi connectivity index (χ1v) is 10.4. The highest BCUT2D eigenvalue weighted by molar-refractivity contribution is 6.44. The van der Waals surface area contributed by atoms with Gasteiger partial charge in [-0.3, -0.25) is 14.6 Å². The molecule has 4 heterocycles. The number of furan rings is 1. The zero-order chi connectivity index (χ0) is 21.5. The van der Waals surface area contributed by atoms with Gasteiger partial charge < -0.3 is 14.2 Å². The number of para-hydroxylation sites is 1. The topological polar surface area (TPSA) is 90.8 Å². The largest absolute Gasteiger partial charge is 0.464 e. The fourth-order valence-electron chi connectivity index (χ4n) is 4.27. The molecule has 1 saturated heterocycles. The van der Waals surface area contributed by atoms with E-state index in [2.05, 4.69) is 15.2 Å². The predicted molar refractivity (Wildman–Crippen MR) is 115 cm³/mol. The Morgan fingerprint density at radius 2 is 2.03 bits per heavy atom. The summed E-state index contributed by atoms with van der Waals surface area (Å²) in [5, 5.41) is 10.2. The molecular weight excluding hydrogens is 394 g/mol. The molecule has 2 amide bonds. The van der Waals surface area contributed by atoms with Gasteiger partial charge in [0.05, 0.1) is 23.5 Å². The van der Waals surface area contributed by atoms with Crippen molar-refractivity contribution in [1.82, 2.24) is 9.80 Å². The molecule has 8 nitrogen and oxygen atoms in total. The second kappa shape index (κ2) is 7.61. The van der Waals surface area contributed by atoms with Crippen LogP contribution < -0.4 is 10.6 Å². The van der Waals surface area contributed by atoms with Crippen LogP contribution >= 0.6 is 0 Å². The molecule has 5 rings (SSSR count). The Morgan fingerprint density at radius 3 is 2.81 bits per heavy atom. The quantitative estimate of drug-likeness (QED) is 0.733. The third-order valence-corrected chi connectivity index (χ3v) is 5.93. The average Bonchev–Trinajstić information content (AvgIpc) is 3.49. The van der Waals surface area contributed by atoms with E-state index < -0.39 is 6.04 Å². The molecule has 0 spiro atoms. The number of carbonyl (C=O) groups excluding carboxylic acids is 2. The van der Waals surface area contributed by atoms with Crippen molar-refractivity contribution in [3.05, 3.63) is 58.5 Å². The lowest BCUT2D eigenvalue weighted by molar-refractivity contribution is -0.131. The number of hydrogen-bond donors (Lipinski definition) is 0. The number of hydrogen-bond acceptors (Lipinski definition) is 6. The number of likely N-dealkylation sites (tertiary alicyclic amines) is 1. The third kappa shape index (κ3) is 3.58. The van der Waals surface area contributed by atoms with E-state index in [1.165, 1.54) is 0 Å². The Hall–Kier alpha value is -3.55. The summed E-state index contributed by atoms with van der Waals surface area (Å²) in [6.45, 7) is 3.17. The first-order valence-electron chi connectivity index (χ1n) is 10.4. The number of rotatable bonds is 4. The van der Waals surface area contributed by atoms with Crippen LogP contribution in [0, 0.1) is 12.8 Å². The van der Waals surface area contributed by atoms with Gasteiger partial charge in [-0.2, -0.15) is 5.10 Å². The molecule has 2 aromatic rings. The smallest absolute Gasteiger partial charge is 0.271 e. The van der Waals surface area contributed by atoms with Crippen molar-refractivity contribution in [3.8, 4) is 0 Å². The average molecular weight is 417 g/mol. The van der Waals surface area contributed by atoms with Gasteiger partial charge in [-0.1, -0.05) is 18.2 Å². The zero-order valence-electron chi connectivity index (χ0n) is 17.5. The van der Waals surface area contributed by atoms with Crippen molar-refractivity contribution in [3.63, 3.8) is 0 Å². The van der Waals surface area contributed by atoms with Crippen molar-refractivity contribution in [2.45, 2.75) is 25.9 Å². The number of carbonyl (C=O) groups is 2. The highest BCUT2D eigenvalue weighted by Gasteiger charge is 2.40. The molecule has 31 heavy (non-hydrogen) atoms. The molecule has 0 bridgehead atoms. The van der Waals surface area contributed by atoms with E-state index in [-0.39, 0.29) is 17.7 Å². The van der Waals surface area contributed by atoms with Gasteiger partial charge in [0.25, 0.3) is 11.8 Å². The molecular formula is C23H23N5O3. The molecule has 1 aromatic carbocycles. The van der Waals surface area contributed by atoms with Gasteiger partial charge in [0.2, 0.25) is 0 Å². The van der Waals surface area contributed by atoms with Gasteiger partial charge in [0.15, 0.2) is 0 Å². The Morgan fingerprint density at radius 1 is 1.19 bits per heavy atom. The Kier molecular flexibility index (Phi) is 4.77. The van der Waals surface area contributed by atoms with E-state index in [0.29, 0.717) is 37.5 Å². The Balaban J connectivity index is 1.28. The zero-order valence-corrected chi connectivity index (χ0v) is 17.5. The van der Waals surface area contributed by atoms with Gasteiger partial charge >= 0.3 is 0 Å². The highest BCUT2D eigenvalue weighted by atomic mass is 16.3. The molecule has 0 radical (unpaired) electrons. The molecule has 0 N–H and O–H groups in total. The van der Waals surface area contributed by atoms with Crippen LogP contribution in [0.3, 0.4) is 0 Å². The number of benzene rings is 1. The minimum absolute atomic E-state index is 0.0478. The van der Waals surface area contributed by atoms with Crippen molar-refractivity contribution in [2.24, 2.45) is 21.1 Å². The molecule has 3 aliphatic rings. The van der Waals surface area contributed by atoms with Crippen LogP contribution in [0.4, 0.5) is 0 Å². The van der Waals surface area contributed by atoms with Crippen molar-refractivity contribution >= 4 is 29.3 Å². The van der Waals surface area contributed by atoms with Gasteiger partial charge in [-0.15, -0.1) is 5.10 Å². The lowest BCUT2D eigenvalue weighted by Gasteiger charge is -2.33. The number of amides is 2. The second-order valence-corrected chi connectivity index (χ2v) is 8.14. The lowest BCUT2D eigenvalue weighted by Crippen LogP contribution is -2.50. The van der Waals surface area contributed by atoms with Crippen molar-refractivity contribution < 1.29 is 14.0 Å². The number of fused-ring (bicyclic) bond motifs is 2. The fourth-order valence-corrected chi connectivity index (χ4v) is 4.27. The maximum Gasteiger partial charge on any atom is 0.271 e. The molecule has 1 aromatic heterocycles. The first-order chi connectivity index (χ1) is 15.0. The molecule has 2 atom stereocenters. The monoisotopic (exact) mass is 417 g/mol. The van der Waals surface area contributed by atoms with E-state index in [9.17, 15) is 9.59 Å². The second-order valence-electron chi connectivity index (χ2n) is 8.14. The maximum absolute atomic E-state index is 13.1. The molecule has 3 aliphatic heterocycles. The van der Waals surface area contributed by atoms with Crippen molar-refractivity contribution in [2.75, 3.05) is 20.1 Å². The van der Waals surface area contributed by atoms with Crippen LogP contribution in [-0.4, -0.2) is 59.2 Å². The number of nitrogens with zero attached hydrogens (tertiary/aromatic N) is 5. The van der Waals surface area contributed by atoms with Crippen LogP contribution in [0.25, 0.3) is 6.08 Å². The SMILES string of the molecule is Cc1ccc(CN(C)C(=O)C2=NN=C3CCN(C(=O)C4C=c5ccccc5=N4)CC32)o1. The van der Waals surface area contributed by atoms with E-state index in [1.54, 1.807) is 16.8 Å². The molecule has 158 valence electrons. The lowest BCUT2D eigenvalue weighted by atomic mass is 9.90. The van der Waals surface area contributed by atoms with Crippen LogP contribution in [0.15, 0.2) is 56.0 Å². The Bertz CT molecular complexity index is 1210. The first kappa shape index (κ1) is 19.4. The van der Waals surface area contributed by atoms with E-state index in [4.69, 9.17) is 4.42 Å². The summed E-state index contributed by atoms with van der Waals surface area (Å²) in [6.07, 6.45) is 2.51. The van der Waals surface area contributed by atoms with E-state index in [1.807, 2.05) is 49.4 Å². The maximum atomic E-state index is 13.1. The van der Waals surface area contributed by atoms with Gasteiger partial charge in [-0.05, 0) is 36.4 Å². The van der Waals surface area contributed by atoms with Crippen LogP contribution in [0.2, 0.25) is 0 Å². The van der Waals surface area contributed by atoms with Crippen molar-refractivity contribution in [1.29, 1.82) is 0 Å². The summed E-state index contributed by atoms with van der Waals surface area (Å²) in [5.41, 5.74) is 1.25. The highest BCUT2D eigenvalue weighted by Crippen LogP contribution is 2.24. The molecule has 0 saturated carbocycles. The number of aryl methyl sites for hydroxylation is 1. The van der Waals surface area contributed by atoms with Crippen LogP contribution in [0.1, 0.15) is 17.9 Å². The van der Waals surface area contributed by atoms with Gasteiger partial charge in [-0.25, -0.2) is 0 Å². The third-order valence-electron chi connectivity index (χ3n) is 5.93. The van der Waals surface area contributed by atoms with E-state index in [0.717, 1.165) is 22.0 Å². The molecule has 1 fully saturated rings. The van der Waals surface area contributed by atoms with Gasteiger partial charge in [0, 0.05) is 26.6 Å². The minimum atomic E-state index is -0.516. The van der Waals surface area contributed by atoms with Gasteiger partial charge in [0.1, 0.15) is 23.3 Å². The summed E-state index contributed by atoms with van der Waals surface area (Å²) in [4.78, 5) is 34.1. The Labute approximate surface area is 179 Å². The van der Waals surface area contributed by atoms with Crippen LogP contribution in [0.5, 0.6) is 0 Å². The van der Waals surface area contributed by atoms with E-state index >= 15 is 0 Å². The normalized spacial score (nSPS) is 21.4. The standard InChI is InChI=1S/C23H23N5O3/c1-14-7-8-16(31-14)12-27(2)23(30)21-17-13-28(10-9-19(17)25-26-21)22(29)20-11-15-5-3-4-6-18(15)24-20/h3-8,11,17,20H,9-10,12-13H2,1-2H3. The summed E-state index contributed by atoms with van der Waals surface area (Å²) >= 11 is 0. The summed E-state index contributed by atoms with van der Waals surface area (Å²) in [6, 6.07) is 10.9. The molecule has 0 aliphatic carbocycles. The molecule has 8 heteroatoms. The minimum Gasteiger partial charge on any atom is -0.464 e. The summed E-state index contributed by atoms with van der Waals surface area (Å²) < 4.78 is 5.58. The summed E-state index contributed by atoms with van der Waals surface area (Å²) in [5.74, 6) is 1.00. The van der Waals surface area contributed by atoms with Crippen LogP contribution in [-0.2, 0) is 16.1 Å². The summed E-state index contributed by atoms with van der Waals surface area (Å²) in [7, 11) is 1.72. The molecule has 2 unspecified atom stereocenters.